The summed E-state index contributed by atoms with van der Waals surface area (Å²) in [4.78, 5) is 0. The van der Waals surface area contributed by atoms with Crippen LogP contribution in [0, 0.1) is 5.82 Å². The number of hydrogen-bond acceptors (Lipinski definition) is 2. The molecule has 15 heavy (non-hydrogen) atoms. The Bertz CT molecular complexity index is 310. The van der Waals surface area contributed by atoms with Gasteiger partial charge in [-0.05, 0) is 27.0 Å². The Hall–Kier alpha value is -0.930. The molecule has 0 spiro atoms. The molecule has 2 nitrogen and oxygen atoms in total. The molecule has 84 valence electrons. The number of hydrogen-bond donors (Lipinski definition) is 2. The molecule has 1 rings (SSSR count). The van der Waals surface area contributed by atoms with Crippen molar-refractivity contribution in [3.63, 3.8) is 0 Å². The first-order chi connectivity index (χ1) is 7.05. The van der Waals surface area contributed by atoms with Crippen LogP contribution >= 0.6 is 0 Å². The first kappa shape index (κ1) is 12.1. The zero-order valence-electron chi connectivity index (χ0n) is 9.60. The van der Waals surface area contributed by atoms with E-state index in [4.69, 9.17) is 0 Å². The van der Waals surface area contributed by atoms with Crippen molar-refractivity contribution in [2.45, 2.75) is 25.9 Å². The predicted molar refractivity (Wildman–Crippen MR) is 61.2 cm³/mol. The summed E-state index contributed by atoms with van der Waals surface area (Å²) in [5.41, 5.74) is 0.745. The van der Waals surface area contributed by atoms with Crippen LogP contribution in [0.2, 0.25) is 0 Å². The molecule has 2 N–H and O–H groups in total. The Balaban J connectivity index is 2.42. The molecule has 0 saturated heterocycles. The highest BCUT2D eigenvalue weighted by atomic mass is 19.1. The van der Waals surface area contributed by atoms with Crippen LogP contribution < -0.4 is 10.6 Å². The molecule has 0 aromatic heterocycles. The van der Waals surface area contributed by atoms with E-state index in [0.717, 1.165) is 6.54 Å². The number of nitrogens with one attached hydrogen (secondary N) is 2. The normalized spacial score (nSPS) is 11.7. The highest BCUT2D eigenvalue weighted by Gasteiger charge is 2.13. The SMILES string of the molecule is CNC(C)(C)CNCc1ccccc1F. The second-order valence-electron chi connectivity index (χ2n) is 4.33. The lowest BCUT2D eigenvalue weighted by atomic mass is 10.1. The van der Waals surface area contributed by atoms with Crippen LogP contribution in [0.3, 0.4) is 0 Å². The summed E-state index contributed by atoms with van der Waals surface area (Å²) in [7, 11) is 1.92. The molecule has 0 amide bonds. The van der Waals surface area contributed by atoms with Crippen molar-refractivity contribution < 1.29 is 4.39 Å². The van der Waals surface area contributed by atoms with Gasteiger partial charge >= 0.3 is 0 Å². The summed E-state index contributed by atoms with van der Waals surface area (Å²) in [6.07, 6.45) is 0. The zero-order chi connectivity index (χ0) is 11.3. The van der Waals surface area contributed by atoms with E-state index < -0.39 is 0 Å². The number of benzene rings is 1. The van der Waals surface area contributed by atoms with Crippen LogP contribution in [0.15, 0.2) is 24.3 Å². The first-order valence-electron chi connectivity index (χ1n) is 5.18. The molecule has 0 saturated carbocycles. The van der Waals surface area contributed by atoms with Crippen LogP contribution in [0.1, 0.15) is 19.4 Å². The van der Waals surface area contributed by atoms with Gasteiger partial charge in [0.2, 0.25) is 0 Å². The van der Waals surface area contributed by atoms with Gasteiger partial charge in [-0.3, -0.25) is 0 Å². The largest absolute Gasteiger partial charge is 0.314 e. The molecule has 0 fully saturated rings. The van der Waals surface area contributed by atoms with Crippen molar-refractivity contribution in [2.75, 3.05) is 13.6 Å². The third-order valence-electron chi connectivity index (χ3n) is 2.52. The molecule has 0 radical (unpaired) electrons. The Kier molecular flexibility index (Phi) is 4.24. The van der Waals surface area contributed by atoms with Crippen LogP contribution in [0.25, 0.3) is 0 Å². The molecular weight excluding hydrogens is 191 g/mol. The van der Waals surface area contributed by atoms with Crippen molar-refractivity contribution in [1.82, 2.24) is 10.6 Å². The van der Waals surface area contributed by atoms with Gasteiger partial charge in [0.15, 0.2) is 0 Å². The lowest BCUT2D eigenvalue weighted by Crippen LogP contribution is -2.45. The monoisotopic (exact) mass is 210 g/mol. The molecule has 0 aliphatic rings. The summed E-state index contributed by atoms with van der Waals surface area (Å²) in [6, 6.07) is 6.84. The van der Waals surface area contributed by atoms with Crippen molar-refractivity contribution in [2.24, 2.45) is 0 Å². The summed E-state index contributed by atoms with van der Waals surface area (Å²) in [6.45, 7) is 5.57. The maximum atomic E-state index is 13.2. The van der Waals surface area contributed by atoms with E-state index in [2.05, 4.69) is 24.5 Å². The molecule has 0 aliphatic carbocycles. The minimum Gasteiger partial charge on any atom is -0.314 e. The van der Waals surface area contributed by atoms with Gasteiger partial charge < -0.3 is 10.6 Å². The molecule has 0 heterocycles. The Morgan fingerprint density at radius 3 is 2.53 bits per heavy atom. The van der Waals surface area contributed by atoms with E-state index in [0.29, 0.717) is 12.1 Å². The van der Waals surface area contributed by atoms with E-state index in [1.807, 2.05) is 13.1 Å². The third kappa shape index (κ3) is 3.98. The summed E-state index contributed by atoms with van der Waals surface area (Å²) in [5.74, 6) is -0.146. The van der Waals surface area contributed by atoms with Crippen molar-refractivity contribution in [3.8, 4) is 0 Å². The van der Waals surface area contributed by atoms with E-state index >= 15 is 0 Å². The molecular formula is C12H19FN2. The molecule has 3 heteroatoms. The molecule has 0 atom stereocenters. The average Bonchev–Trinajstić information content (AvgIpc) is 2.21. The zero-order valence-corrected chi connectivity index (χ0v) is 9.60. The number of likely N-dealkylation sites (N-methyl/N-ethyl adjacent to an activating group) is 1. The fourth-order valence-corrected chi connectivity index (χ4v) is 1.24. The quantitative estimate of drug-likeness (QED) is 0.775. The van der Waals surface area contributed by atoms with Crippen molar-refractivity contribution in [3.05, 3.63) is 35.6 Å². The van der Waals surface area contributed by atoms with E-state index in [9.17, 15) is 4.39 Å². The van der Waals surface area contributed by atoms with E-state index in [-0.39, 0.29) is 11.4 Å². The van der Waals surface area contributed by atoms with Gasteiger partial charge in [0.1, 0.15) is 5.82 Å². The molecule has 0 aliphatic heterocycles. The molecule has 1 aromatic carbocycles. The molecule has 1 aromatic rings. The fourth-order valence-electron chi connectivity index (χ4n) is 1.24. The van der Waals surface area contributed by atoms with Gasteiger partial charge in [0.25, 0.3) is 0 Å². The van der Waals surface area contributed by atoms with E-state index in [1.54, 1.807) is 12.1 Å². The van der Waals surface area contributed by atoms with Gasteiger partial charge in [0, 0.05) is 24.2 Å². The average molecular weight is 210 g/mol. The van der Waals surface area contributed by atoms with Gasteiger partial charge in [-0.25, -0.2) is 4.39 Å². The minimum atomic E-state index is -0.146. The summed E-state index contributed by atoms with van der Waals surface area (Å²) in [5, 5.41) is 6.42. The number of rotatable bonds is 5. The second-order valence-corrected chi connectivity index (χ2v) is 4.33. The van der Waals surface area contributed by atoms with Gasteiger partial charge in [-0.15, -0.1) is 0 Å². The molecule has 0 unspecified atom stereocenters. The summed E-state index contributed by atoms with van der Waals surface area (Å²) < 4.78 is 13.2. The van der Waals surface area contributed by atoms with E-state index in [1.165, 1.54) is 6.07 Å². The topological polar surface area (TPSA) is 24.1 Å². The van der Waals surface area contributed by atoms with Crippen molar-refractivity contribution in [1.29, 1.82) is 0 Å². The first-order valence-corrected chi connectivity index (χ1v) is 5.18. The highest BCUT2D eigenvalue weighted by Crippen LogP contribution is 2.06. The standard InChI is InChI=1S/C12H19FN2/c1-12(2,14-3)9-15-8-10-6-4-5-7-11(10)13/h4-7,14-15H,8-9H2,1-3H3. The van der Waals surface area contributed by atoms with Gasteiger partial charge in [-0.2, -0.15) is 0 Å². The predicted octanol–water partition coefficient (Wildman–Crippen LogP) is 1.91. The summed E-state index contributed by atoms with van der Waals surface area (Å²) >= 11 is 0. The van der Waals surface area contributed by atoms with Crippen LogP contribution in [-0.4, -0.2) is 19.1 Å². The Morgan fingerprint density at radius 2 is 1.93 bits per heavy atom. The lowest BCUT2D eigenvalue weighted by Gasteiger charge is -2.24. The third-order valence-corrected chi connectivity index (χ3v) is 2.52. The maximum Gasteiger partial charge on any atom is 0.127 e. The number of halogens is 1. The highest BCUT2D eigenvalue weighted by molar-refractivity contribution is 5.16. The molecule has 0 bridgehead atoms. The van der Waals surface area contributed by atoms with Crippen LogP contribution in [0.5, 0.6) is 0 Å². The Labute approximate surface area is 90.9 Å². The maximum absolute atomic E-state index is 13.2. The fraction of sp³-hybridized carbons (Fsp3) is 0.500. The van der Waals surface area contributed by atoms with Crippen LogP contribution in [0.4, 0.5) is 4.39 Å². The Morgan fingerprint density at radius 1 is 1.27 bits per heavy atom. The van der Waals surface area contributed by atoms with Gasteiger partial charge in [0.05, 0.1) is 0 Å². The lowest BCUT2D eigenvalue weighted by molar-refractivity contribution is 0.391. The van der Waals surface area contributed by atoms with Gasteiger partial charge in [-0.1, -0.05) is 18.2 Å². The van der Waals surface area contributed by atoms with Crippen LogP contribution in [-0.2, 0) is 6.54 Å². The second kappa shape index (κ2) is 5.24. The van der Waals surface area contributed by atoms with Crippen molar-refractivity contribution >= 4 is 0 Å². The minimum absolute atomic E-state index is 0.0330. The smallest absolute Gasteiger partial charge is 0.127 e.